The Morgan fingerprint density at radius 2 is 1.88 bits per heavy atom. The van der Waals surface area contributed by atoms with Crippen LogP contribution < -0.4 is 9.47 Å². The van der Waals surface area contributed by atoms with E-state index in [4.69, 9.17) is 4.74 Å². The van der Waals surface area contributed by atoms with Crippen molar-refractivity contribution in [2.75, 3.05) is 7.11 Å². The fourth-order valence-corrected chi connectivity index (χ4v) is 8.20. The first-order valence-electron chi connectivity index (χ1n) is 12.7. The SMILES string of the molecule is COc1cc(/C=C2\CC3C4CCC5CC(O)CCC5(C)C4CCC3(C)C2=O)ccc1OC(F)F. The van der Waals surface area contributed by atoms with E-state index >= 15 is 0 Å². The summed E-state index contributed by atoms with van der Waals surface area (Å²) >= 11 is 0. The van der Waals surface area contributed by atoms with Gasteiger partial charge in [0.05, 0.1) is 13.2 Å². The van der Waals surface area contributed by atoms with E-state index in [0.29, 0.717) is 23.7 Å². The maximum atomic E-state index is 13.7. The topological polar surface area (TPSA) is 55.8 Å². The van der Waals surface area contributed by atoms with Crippen molar-refractivity contribution in [2.24, 2.45) is 34.5 Å². The molecule has 0 aliphatic heterocycles. The van der Waals surface area contributed by atoms with Crippen molar-refractivity contribution in [2.45, 2.75) is 77.9 Å². The predicted octanol–water partition coefficient (Wildman–Crippen LogP) is 6.26. The van der Waals surface area contributed by atoms with Crippen molar-refractivity contribution >= 4 is 11.9 Å². The third kappa shape index (κ3) is 3.77. The molecule has 7 atom stereocenters. The number of alkyl halides is 2. The fraction of sp³-hybridized carbons (Fsp3) is 0.679. The molecule has 0 radical (unpaired) electrons. The Labute approximate surface area is 200 Å². The molecule has 1 aromatic rings. The molecule has 0 saturated heterocycles. The molecule has 4 aliphatic carbocycles. The summed E-state index contributed by atoms with van der Waals surface area (Å²) in [4.78, 5) is 13.7. The second-order valence-corrected chi connectivity index (χ2v) is 11.5. The minimum absolute atomic E-state index is 0.0107. The molecule has 4 saturated carbocycles. The van der Waals surface area contributed by atoms with Crippen molar-refractivity contribution in [1.82, 2.24) is 0 Å². The van der Waals surface area contributed by atoms with Crippen LogP contribution in [0.2, 0.25) is 0 Å². The smallest absolute Gasteiger partial charge is 0.387 e. The highest BCUT2D eigenvalue weighted by Crippen LogP contribution is 2.66. The fourth-order valence-electron chi connectivity index (χ4n) is 8.20. The van der Waals surface area contributed by atoms with Crippen LogP contribution in [0.15, 0.2) is 23.8 Å². The Morgan fingerprint density at radius 1 is 1.09 bits per heavy atom. The summed E-state index contributed by atoms with van der Waals surface area (Å²) in [5, 5.41) is 10.3. The molecule has 0 amide bonds. The third-order valence-electron chi connectivity index (χ3n) is 10.0. The molecule has 1 N–H and O–H groups in total. The lowest BCUT2D eigenvalue weighted by Crippen LogP contribution is -2.54. The van der Waals surface area contributed by atoms with Gasteiger partial charge in [-0.25, -0.2) is 0 Å². The largest absolute Gasteiger partial charge is 0.493 e. The number of fused-ring (bicyclic) bond motifs is 5. The number of methoxy groups -OCH3 is 1. The molecule has 186 valence electrons. The lowest BCUT2D eigenvalue weighted by molar-refractivity contribution is -0.141. The Bertz CT molecular complexity index is 991. The number of aliphatic hydroxyl groups is 1. The van der Waals surface area contributed by atoms with E-state index in [1.165, 1.54) is 13.2 Å². The first kappa shape index (κ1) is 23.8. The highest BCUT2D eigenvalue weighted by atomic mass is 19.3. The molecule has 0 spiro atoms. The zero-order valence-electron chi connectivity index (χ0n) is 20.4. The van der Waals surface area contributed by atoms with E-state index in [2.05, 4.69) is 18.6 Å². The van der Waals surface area contributed by atoms with Gasteiger partial charge in [0.2, 0.25) is 0 Å². The molecule has 6 heteroatoms. The first-order valence-corrected chi connectivity index (χ1v) is 12.7. The molecule has 4 aliphatic rings. The number of benzene rings is 1. The number of ketones is 1. The predicted molar refractivity (Wildman–Crippen MR) is 126 cm³/mol. The van der Waals surface area contributed by atoms with Gasteiger partial charge >= 0.3 is 6.61 Å². The monoisotopic (exact) mass is 474 g/mol. The maximum Gasteiger partial charge on any atom is 0.387 e. The molecular formula is C28H36F2O4. The van der Waals surface area contributed by atoms with Crippen LogP contribution in [0, 0.1) is 34.5 Å². The molecule has 1 aromatic carbocycles. The summed E-state index contributed by atoms with van der Waals surface area (Å²) in [5.41, 5.74) is 1.54. The molecule has 4 fully saturated rings. The number of Topliss-reactive ketones (excluding diaryl/α,β-unsaturated/α-hetero) is 1. The van der Waals surface area contributed by atoms with Gasteiger partial charge in [-0.1, -0.05) is 19.9 Å². The Kier molecular flexibility index (Phi) is 6.02. The van der Waals surface area contributed by atoms with Crippen molar-refractivity contribution in [3.63, 3.8) is 0 Å². The van der Waals surface area contributed by atoms with Gasteiger partial charge in [-0.2, -0.15) is 8.78 Å². The van der Waals surface area contributed by atoms with Gasteiger partial charge in [-0.3, -0.25) is 4.79 Å². The van der Waals surface area contributed by atoms with Crippen LogP contribution in [-0.2, 0) is 4.79 Å². The molecule has 7 unspecified atom stereocenters. The van der Waals surface area contributed by atoms with E-state index < -0.39 is 6.61 Å². The van der Waals surface area contributed by atoms with Crippen LogP contribution in [0.3, 0.4) is 0 Å². The standard InChI is InChI=1S/C28H36F2O4/c1-27-10-8-19(31)15-18(27)5-6-20-21(27)9-11-28(2)22(20)14-17(25(28)32)12-16-4-7-23(34-26(29)30)24(13-16)33-3/h4,7,12-13,18-22,26,31H,5-6,8-11,14-15H2,1-3H3/b17-12+. The average Bonchev–Trinajstić information content (AvgIpc) is 3.05. The van der Waals surface area contributed by atoms with Gasteiger partial charge in [0.25, 0.3) is 0 Å². The van der Waals surface area contributed by atoms with E-state index in [-0.39, 0.29) is 34.2 Å². The van der Waals surface area contributed by atoms with E-state index in [1.807, 2.05) is 6.08 Å². The molecule has 0 aromatic heterocycles. The van der Waals surface area contributed by atoms with Crippen LogP contribution >= 0.6 is 0 Å². The molecular weight excluding hydrogens is 438 g/mol. The Hall–Kier alpha value is -1.95. The van der Waals surface area contributed by atoms with Crippen LogP contribution in [0.25, 0.3) is 6.08 Å². The number of carbonyl (C=O) groups is 1. The van der Waals surface area contributed by atoms with Gasteiger partial charge in [-0.05, 0) is 110 Å². The van der Waals surface area contributed by atoms with Crippen LogP contribution in [0.5, 0.6) is 11.5 Å². The second-order valence-electron chi connectivity index (χ2n) is 11.5. The average molecular weight is 475 g/mol. The molecule has 34 heavy (non-hydrogen) atoms. The summed E-state index contributed by atoms with van der Waals surface area (Å²) in [6.07, 6.45) is 9.76. The van der Waals surface area contributed by atoms with Crippen LogP contribution in [0.4, 0.5) is 8.78 Å². The first-order chi connectivity index (χ1) is 16.2. The Balaban J connectivity index is 1.41. The van der Waals surface area contributed by atoms with E-state index in [1.54, 1.807) is 12.1 Å². The van der Waals surface area contributed by atoms with Gasteiger partial charge in [0, 0.05) is 5.41 Å². The second kappa shape index (κ2) is 8.61. The van der Waals surface area contributed by atoms with Crippen LogP contribution in [0.1, 0.15) is 70.8 Å². The van der Waals surface area contributed by atoms with E-state index in [9.17, 15) is 18.7 Å². The normalized spacial score (nSPS) is 40.6. The van der Waals surface area contributed by atoms with Crippen molar-refractivity contribution in [3.05, 3.63) is 29.3 Å². The van der Waals surface area contributed by atoms with Gasteiger partial charge in [-0.15, -0.1) is 0 Å². The number of hydrogen-bond acceptors (Lipinski definition) is 4. The summed E-state index contributed by atoms with van der Waals surface area (Å²) in [5.74, 6) is 2.57. The molecule has 4 nitrogen and oxygen atoms in total. The number of halogens is 2. The van der Waals surface area contributed by atoms with Crippen LogP contribution in [-0.4, -0.2) is 30.7 Å². The number of ether oxygens (including phenoxy) is 2. The van der Waals surface area contributed by atoms with Gasteiger partial charge in [0.15, 0.2) is 17.3 Å². The summed E-state index contributed by atoms with van der Waals surface area (Å²) in [7, 11) is 1.42. The highest BCUT2D eigenvalue weighted by Gasteiger charge is 2.61. The lowest BCUT2D eigenvalue weighted by atomic mass is 9.45. The number of allylic oxidation sites excluding steroid dienone is 1. The summed E-state index contributed by atoms with van der Waals surface area (Å²) in [6.45, 7) is 1.69. The number of rotatable bonds is 4. The third-order valence-corrected chi connectivity index (χ3v) is 10.0. The zero-order valence-corrected chi connectivity index (χ0v) is 20.4. The number of aliphatic hydroxyl groups excluding tert-OH is 1. The molecule has 5 rings (SSSR count). The molecule has 0 heterocycles. The lowest BCUT2D eigenvalue weighted by Gasteiger charge is -2.59. The maximum absolute atomic E-state index is 13.7. The van der Waals surface area contributed by atoms with E-state index in [0.717, 1.165) is 62.5 Å². The van der Waals surface area contributed by atoms with Crippen molar-refractivity contribution < 1.29 is 28.2 Å². The minimum Gasteiger partial charge on any atom is -0.493 e. The van der Waals surface area contributed by atoms with Gasteiger partial charge < -0.3 is 14.6 Å². The van der Waals surface area contributed by atoms with Gasteiger partial charge in [0.1, 0.15) is 0 Å². The molecule has 0 bridgehead atoms. The number of carbonyl (C=O) groups excluding carboxylic acids is 1. The van der Waals surface area contributed by atoms with Crippen molar-refractivity contribution in [3.8, 4) is 11.5 Å². The summed E-state index contributed by atoms with van der Waals surface area (Å²) in [6, 6.07) is 4.83. The zero-order chi connectivity index (χ0) is 24.3. The number of hydrogen-bond donors (Lipinski definition) is 1. The quantitative estimate of drug-likeness (QED) is 0.523. The minimum atomic E-state index is -2.92. The Morgan fingerprint density at radius 3 is 2.62 bits per heavy atom. The van der Waals surface area contributed by atoms with Crippen molar-refractivity contribution in [1.29, 1.82) is 0 Å². The summed E-state index contributed by atoms with van der Waals surface area (Å²) < 4.78 is 35.1. The highest BCUT2D eigenvalue weighted by molar-refractivity contribution is 6.06.